The van der Waals surface area contributed by atoms with Gasteiger partial charge >= 0.3 is 0 Å². The predicted molar refractivity (Wildman–Crippen MR) is 87.8 cm³/mol. The Morgan fingerprint density at radius 3 is 2.55 bits per heavy atom. The van der Waals surface area contributed by atoms with Gasteiger partial charge < -0.3 is 10.6 Å². The van der Waals surface area contributed by atoms with Crippen LogP contribution < -0.4 is 10.6 Å². The summed E-state index contributed by atoms with van der Waals surface area (Å²) in [5.74, 6) is 0. The number of hydrogen-bond donors (Lipinski definition) is 2. The van der Waals surface area contributed by atoms with Crippen LogP contribution in [0.1, 0.15) is 63.5 Å². The van der Waals surface area contributed by atoms with E-state index >= 15 is 0 Å². The van der Waals surface area contributed by atoms with Gasteiger partial charge in [-0.15, -0.1) is 0 Å². The van der Waals surface area contributed by atoms with E-state index in [0.29, 0.717) is 11.5 Å². The SMILES string of the molecule is Cc1cc(NC(C)C)cc2c1NCCC21CCCCC1. The maximum atomic E-state index is 3.66. The Morgan fingerprint density at radius 2 is 1.85 bits per heavy atom. The van der Waals surface area contributed by atoms with Crippen molar-refractivity contribution >= 4 is 11.4 Å². The smallest absolute Gasteiger partial charge is 0.0409 e. The van der Waals surface area contributed by atoms with Crippen molar-refractivity contribution < 1.29 is 0 Å². The highest BCUT2D eigenvalue weighted by Gasteiger charge is 2.38. The fourth-order valence-corrected chi connectivity index (χ4v) is 4.17. The van der Waals surface area contributed by atoms with Crippen LogP contribution in [0.4, 0.5) is 11.4 Å². The quantitative estimate of drug-likeness (QED) is 0.805. The van der Waals surface area contributed by atoms with Gasteiger partial charge in [-0.2, -0.15) is 0 Å². The Hall–Kier alpha value is -1.18. The monoisotopic (exact) mass is 272 g/mol. The van der Waals surface area contributed by atoms with Gasteiger partial charge in [-0.25, -0.2) is 0 Å². The van der Waals surface area contributed by atoms with Crippen LogP contribution in [-0.4, -0.2) is 12.6 Å². The number of anilines is 2. The van der Waals surface area contributed by atoms with Gasteiger partial charge in [0, 0.05) is 24.0 Å². The molecule has 1 aliphatic carbocycles. The molecule has 0 atom stereocenters. The third-order valence-corrected chi connectivity index (χ3v) is 5.08. The zero-order valence-corrected chi connectivity index (χ0v) is 13.2. The van der Waals surface area contributed by atoms with Gasteiger partial charge in [0.2, 0.25) is 0 Å². The normalized spacial score (nSPS) is 20.6. The van der Waals surface area contributed by atoms with E-state index in [1.54, 1.807) is 5.56 Å². The van der Waals surface area contributed by atoms with Gasteiger partial charge in [-0.3, -0.25) is 0 Å². The topological polar surface area (TPSA) is 24.1 Å². The first-order chi connectivity index (χ1) is 9.61. The van der Waals surface area contributed by atoms with Crippen molar-refractivity contribution in [2.45, 2.75) is 70.8 Å². The second-order valence-electron chi connectivity index (χ2n) is 7.03. The molecule has 1 spiro atoms. The van der Waals surface area contributed by atoms with Crippen molar-refractivity contribution in [3.63, 3.8) is 0 Å². The molecule has 2 aliphatic rings. The molecule has 0 radical (unpaired) electrons. The number of fused-ring (bicyclic) bond motifs is 2. The van der Waals surface area contributed by atoms with Crippen molar-refractivity contribution in [2.75, 3.05) is 17.2 Å². The molecule has 110 valence electrons. The van der Waals surface area contributed by atoms with Gasteiger partial charge in [0.25, 0.3) is 0 Å². The molecule has 1 aromatic carbocycles. The fourth-order valence-electron chi connectivity index (χ4n) is 4.17. The van der Waals surface area contributed by atoms with Gasteiger partial charge in [0.05, 0.1) is 0 Å². The summed E-state index contributed by atoms with van der Waals surface area (Å²) < 4.78 is 0. The fraction of sp³-hybridized carbons (Fsp3) is 0.667. The lowest BCUT2D eigenvalue weighted by Crippen LogP contribution is -2.36. The molecule has 1 fully saturated rings. The van der Waals surface area contributed by atoms with E-state index in [2.05, 4.69) is 43.5 Å². The van der Waals surface area contributed by atoms with Crippen molar-refractivity contribution in [1.29, 1.82) is 0 Å². The Labute approximate surface area is 123 Å². The summed E-state index contributed by atoms with van der Waals surface area (Å²) in [6.07, 6.45) is 8.30. The first-order valence-electron chi connectivity index (χ1n) is 8.26. The maximum absolute atomic E-state index is 3.66. The van der Waals surface area contributed by atoms with E-state index in [9.17, 15) is 0 Å². The van der Waals surface area contributed by atoms with Crippen LogP contribution in [0.15, 0.2) is 12.1 Å². The van der Waals surface area contributed by atoms with Gasteiger partial charge in [-0.1, -0.05) is 19.3 Å². The third kappa shape index (κ3) is 2.41. The van der Waals surface area contributed by atoms with Crippen molar-refractivity contribution in [2.24, 2.45) is 0 Å². The zero-order valence-electron chi connectivity index (χ0n) is 13.2. The molecular formula is C18H28N2. The molecule has 0 aromatic heterocycles. The van der Waals surface area contributed by atoms with Crippen molar-refractivity contribution in [3.05, 3.63) is 23.3 Å². The number of aryl methyl sites for hydroxylation is 1. The summed E-state index contributed by atoms with van der Waals surface area (Å²) in [6.45, 7) is 7.82. The second-order valence-corrected chi connectivity index (χ2v) is 7.03. The predicted octanol–water partition coefficient (Wildman–Crippen LogP) is 4.83. The van der Waals surface area contributed by atoms with Gasteiger partial charge in [-0.05, 0) is 68.7 Å². The summed E-state index contributed by atoms with van der Waals surface area (Å²) in [4.78, 5) is 0. The molecule has 1 heterocycles. The number of benzene rings is 1. The molecule has 0 unspecified atom stereocenters. The average molecular weight is 272 g/mol. The number of nitrogens with one attached hydrogen (secondary N) is 2. The zero-order chi connectivity index (χ0) is 14.2. The minimum Gasteiger partial charge on any atom is -0.385 e. The molecule has 1 aliphatic heterocycles. The molecule has 2 heteroatoms. The highest BCUT2D eigenvalue weighted by atomic mass is 14.9. The van der Waals surface area contributed by atoms with Crippen LogP contribution >= 0.6 is 0 Å². The van der Waals surface area contributed by atoms with Crippen LogP contribution in [0, 0.1) is 6.92 Å². The number of hydrogen-bond acceptors (Lipinski definition) is 2. The Kier molecular flexibility index (Phi) is 3.66. The van der Waals surface area contributed by atoms with E-state index in [1.807, 2.05) is 0 Å². The molecule has 1 aromatic rings. The van der Waals surface area contributed by atoms with Crippen molar-refractivity contribution in [1.82, 2.24) is 0 Å². The number of rotatable bonds is 2. The summed E-state index contributed by atoms with van der Waals surface area (Å²) in [5.41, 5.74) is 6.16. The van der Waals surface area contributed by atoms with E-state index in [4.69, 9.17) is 0 Å². The molecule has 2 N–H and O–H groups in total. The highest BCUT2D eigenvalue weighted by molar-refractivity contribution is 5.68. The molecule has 3 rings (SSSR count). The molecular weight excluding hydrogens is 244 g/mol. The Bertz CT molecular complexity index is 484. The summed E-state index contributed by atoms with van der Waals surface area (Å²) in [6, 6.07) is 5.22. The second kappa shape index (κ2) is 5.31. The average Bonchev–Trinajstić information content (AvgIpc) is 2.41. The van der Waals surface area contributed by atoms with Gasteiger partial charge in [0.15, 0.2) is 0 Å². The summed E-state index contributed by atoms with van der Waals surface area (Å²) >= 11 is 0. The van der Waals surface area contributed by atoms with E-state index in [-0.39, 0.29) is 0 Å². The van der Waals surface area contributed by atoms with Crippen LogP contribution in [-0.2, 0) is 5.41 Å². The third-order valence-electron chi connectivity index (χ3n) is 5.08. The lowest BCUT2D eigenvalue weighted by molar-refractivity contribution is 0.275. The van der Waals surface area contributed by atoms with E-state index in [1.165, 1.54) is 55.5 Å². The summed E-state index contributed by atoms with van der Waals surface area (Å²) in [7, 11) is 0. The van der Waals surface area contributed by atoms with Gasteiger partial charge in [0.1, 0.15) is 0 Å². The molecule has 0 saturated heterocycles. The molecule has 2 nitrogen and oxygen atoms in total. The lowest BCUT2D eigenvalue weighted by Gasteiger charge is -2.43. The lowest BCUT2D eigenvalue weighted by atomic mass is 9.65. The first kappa shape index (κ1) is 13.8. The standard InChI is InChI=1S/C18H28N2/c1-13(2)20-15-11-14(3)17-16(12-15)18(9-10-19-17)7-5-4-6-8-18/h11-13,19-20H,4-10H2,1-3H3. The Balaban J connectivity index is 2.04. The minimum atomic E-state index is 0.457. The largest absolute Gasteiger partial charge is 0.385 e. The highest BCUT2D eigenvalue weighted by Crippen LogP contribution is 2.48. The minimum absolute atomic E-state index is 0.457. The summed E-state index contributed by atoms with van der Waals surface area (Å²) in [5, 5.41) is 7.25. The van der Waals surface area contributed by atoms with Crippen molar-refractivity contribution in [3.8, 4) is 0 Å². The molecule has 20 heavy (non-hydrogen) atoms. The van der Waals surface area contributed by atoms with E-state index in [0.717, 1.165) is 6.54 Å². The maximum Gasteiger partial charge on any atom is 0.0409 e. The first-order valence-corrected chi connectivity index (χ1v) is 8.26. The molecule has 0 bridgehead atoms. The molecule has 1 saturated carbocycles. The van der Waals surface area contributed by atoms with Crippen LogP contribution in [0.25, 0.3) is 0 Å². The van der Waals surface area contributed by atoms with E-state index < -0.39 is 0 Å². The van der Waals surface area contributed by atoms with Crippen LogP contribution in [0.2, 0.25) is 0 Å². The molecule has 0 amide bonds. The Morgan fingerprint density at radius 1 is 1.10 bits per heavy atom. The van der Waals surface area contributed by atoms with Crippen LogP contribution in [0.5, 0.6) is 0 Å². The van der Waals surface area contributed by atoms with Crippen LogP contribution in [0.3, 0.4) is 0 Å².